The summed E-state index contributed by atoms with van der Waals surface area (Å²) in [5, 5.41) is 0. The van der Waals surface area contributed by atoms with Crippen molar-refractivity contribution in [1.82, 2.24) is 4.90 Å². The third kappa shape index (κ3) is 3.19. The van der Waals surface area contributed by atoms with Crippen LogP contribution in [0, 0.1) is 5.82 Å². The Morgan fingerprint density at radius 2 is 1.86 bits per heavy atom. The number of halogens is 1. The summed E-state index contributed by atoms with van der Waals surface area (Å²) < 4.78 is 18.2. The molecule has 0 saturated heterocycles. The SMILES string of the molecule is O=C(COc1ccc(F)cc1)N1Cc2ccc(S)cc2C1. The van der Waals surface area contributed by atoms with E-state index in [1.807, 2.05) is 18.2 Å². The minimum absolute atomic E-state index is 0.0483. The van der Waals surface area contributed by atoms with E-state index in [2.05, 4.69) is 12.6 Å². The fraction of sp³-hybridized carbons (Fsp3) is 0.188. The molecule has 3 rings (SSSR count). The summed E-state index contributed by atoms with van der Waals surface area (Å²) in [6.07, 6.45) is 0. The van der Waals surface area contributed by atoms with Gasteiger partial charge in [0, 0.05) is 18.0 Å². The van der Waals surface area contributed by atoms with Crippen molar-refractivity contribution >= 4 is 18.5 Å². The van der Waals surface area contributed by atoms with Gasteiger partial charge >= 0.3 is 0 Å². The number of hydrogen-bond donors (Lipinski definition) is 1. The summed E-state index contributed by atoms with van der Waals surface area (Å²) in [5.41, 5.74) is 2.26. The smallest absolute Gasteiger partial charge is 0.261 e. The molecule has 108 valence electrons. The molecule has 2 aromatic rings. The lowest BCUT2D eigenvalue weighted by molar-refractivity contribution is -0.134. The quantitative estimate of drug-likeness (QED) is 0.883. The molecule has 0 aromatic heterocycles. The molecule has 1 aliphatic rings. The zero-order valence-electron chi connectivity index (χ0n) is 11.3. The second-order valence-electron chi connectivity index (χ2n) is 4.95. The number of amides is 1. The molecule has 0 spiro atoms. The van der Waals surface area contributed by atoms with Gasteiger partial charge in [-0.05, 0) is 47.5 Å². The summed E-state index contributed by atoms with van der Waals surface area (Å²) in [5.74, 6) is 0.0709. The highest BCUT2D eigenvalue weighted by Crippen LogP contribution is 2.25. The van der Waals surface area contributed by atoms with Gasteiger partial charge in [0.1, 0.15) is 11.6 Å². The van der Waals surface area contributed by atoms with Crippen molar-refractivity contribution in [3.63, 3.8) is 0 Å². The number of thiol groups is 1. The van der Waals surface area contributed by atoms with Crippen LogP contribution in [0.3, 0.4) is 0 Å². The highest BCUT2D eigenvalue weighted by atomic mass is 32.1. The average molecular weight is 303 g/mol. The number of fused-ring (bicyclic) bond motifs is 1. The second-order valence-corrected chi connectivity index (χ2v) is 5.46. The molecular weight excluding hydrogens is 289 g/mol. The summed E-state index contributed by atoms with van der Waals surface area (Å²) >= 11 is 4.30. The average Bonchev–Trinajstić information content (AvgIpc) is 2.89. The van der Waals surface area contributed by atoms with Gasteiger partial charge in [0.2, 0.25) is 0 Å². The normalized spacial score (nSPS) is 13.1. The molecule has 2 aromatic carbocycles. The number of carbonyl (C=O) groups is 1. The van der Waals surface area contributed by atoms with Gasteiger partial charge in [-0.3, -0.25) is 4.79 Å². The Bertz CT molecular complexity index is 672. The molecule has 1 amide bonds. The zero-order chi connectivity index (χ0) is 14.8. The predicted octanol–water partition coefficient (Wildman–Crippen LogP) is 3.04. The first-order valence-corrected chi connectivity index (χ1v) is 7.03. The minimum Gasteiger partial charge on any atom is -0.484 e. The lowest BCUT2D eigenvalue weighted by atomic mass is 10.1. The molecule has 0 fully saturated rings. The Morgan fingerprint density at radius 1 is 1.14 bits per heavy atom. The highest BCUT2D eigenvalue weighted by molar-refractivity contribution is 7.80. The van der Waals surface area contributed by atoms with Crippen molar-refractivity contribution in [3.8, 4) is 5.75 Å². The van der Waals surface area contributed by atoms with Gasteiger partial charge in [0.05, 0.1) is 0 Å². The largest absolute Gasteiger partial charge is 0.484 e. The van der Waals surface area contributed by atoms with Crippen LogP contribution in [0.1, 0.15) is 11.1 Å². The van der Waals surface area contributed by atoms with Crippen molar-refractivity contribution in [1.29, 1.82) is 0 Å². The van der Waals surface area contributed by atoms with Crippen LogP contribution in [0.5, 0.6) is 5.75 Å². The van der Waals surface area contributed by atoms with Crippen LogP contribution >= 0.6 is 12.6 Å². The van der Waals surface area contributed by atoms with Crippen molar-refractivity contribution in [2.24, 2.45) is 0 Å². The predicted molar refractivity (Wildman–Crippen MR) is 79.8 cm³/mol. The monoisotopic (exact) mass is 303 g/mol. The molecule has 0 atom stereocenters. The molecule has 0 N–H and O–H groups in total. The summed E-state index contributed by atoms with van der Waals surface area (Å²) in [7, 11) is 0. The summed E-state index contributed by atoms with van der Waals surface area (Å²) in [6.45, 7) is 1.12. The first-order valence-electron chi connectivity index (χ1n) is 6.59. The van der Waals surface area contributed by atoms with Crippen LogP contribution in [-0.4, -0.2) is 17.4 Å². The highest BCUT2D eigenvalue weighted by Gasteiger charge is 2.23. The summed E-state index contributed by atoms with van der Waals surface area (Å²) in [6, 6.07) is 11.5. The molecule has 3 nitrogen and oxygen atoms in total. The fourth-order valence-corrected chi connectivity index (χ4v) is 2.55. The van der Waals surface area contributed by atoms with Gasteiger partial charge in [0.25, 0.3) is 5.91 Å². The molecule has 0 saturated carbocycles. The van der Waals surface area contributed by atoms with Gasteiger partial charge in [-0.2, -0.15) is 0 Å². The number of ether oxygens (including phenoxy) is 1. The maximum absolute atomic E-state index is 12.8. The van der Waals surface area contributed by atoms with Crippen molar-refractivity contribution in [3.05, 3.63) is 59.4 Å². The zero-order valence-corrected chi connectivity index (χ0v) is 12.1. The molecule has 0 radical (unpaired) electrons. The topological polar surface area (TPSA) is 29.5 Å². The second kappa shape index (κ2) is 5.77. The molecule has 0 unspecified atom stereocenters. The molecular formula is C16H14FNO2S. The Labute approximate surface area is 127 Å². The van der Waals surface area contributed by atoms with Gasteiger partial charge in [0.15, 0.2) is 6.61 Å². The Kier molecular flexibility index (Phi) is 3.84. The molecule has 21 heavy (non-hydrogen) atoms. The van der Waals surface area contributed by atoms with Gasteiger partial charge in [-0.15, -0.1) is 12.6 Å². The number of nitrogens with zero attached hydrogens (tertiary/aromatic N) is 1. The first-order chi connectivity index (χ1) is 10.1. The summed E-state index contributed by atoms with van der Waals surface area (Å²) in [4.78, 5) is 14.8. The third-order valence-corrected chi connectivity index (χ3v) is 3.72. The van der Waals surface area contributed by atoms with E-state index in [9.17, 15) is 9.18 Å². The van der Waals surface area contributed by atoms with Crippen molar-refractivity contribution in [2.75, 3.05) is 6.61 Å². The van der Waals surface area contributed by atoms with Crippen molar-refractivity contribution in [2.45, 2.75) is 18.0 Å². The Morgan fingerprint density at radius 3 is 2.62 bits per heavy atom. The van der Waals surface area contributed by atoms with Crippen LogP contribution in [-0.2, 0) is 17.9 Å². The third-order valence-electron chi connectivity index (χ3n) is 3.44. The van der Waals surface area contributed by atoms with Crippen LogP contribution in [0.15, 0.2) is 47.4 Å². The number of hydrogen-bond acceptors (Lipinski definition) is 3. The van der Waals surface area contributed by atoms with Crippen LogP contribution < -0.4 is 4.74 Å². The lowest BCUT2D eigenvalue weighted by Crippen LogP contribution is -2.30. The number of carbonyl (C=O) groups excluding carboxylic acids is 1. The standard InChI is InChI=1S/C16H14FNO2S/c17-13-2-4-14(5-3-13)20-10-16(19)18-8-11-1-6-15(21)7-12(11)9-18/h1-7,21H,8-10H2. The molecule has 0 aliphatic carbocycles. The van der Waals surface area contributed by atoms with E-state index in [-0.39, 0.29) is 18.3 Å². The van der Waals surface area contributed by atoms with Gasteiger partial charge in [-0.1, -0.05) is 6.07 Å². The van der Waals surface area contributed by atoms with Gasteiger partial charge < -0.3 is 9.64 Å². The fourth-order valence-electron chi connectivity index (χ4n) is 2.32. The number of benzene rings is 2. The molecule has 1 aliphatic heterocycles. The van der Waals surface area contributed by atoms with Crippen molar-refractivity contribution < 1.29 is 13.9 Å². The van der Waals surface area contributed by atoms with Gasteiger partial charge in [-0.25, -0.2) is 4.39 Å². The molecule has 5 heteroatoms. The van der Waals surface area contributed by atoms with E-state index in [1.165, 1.54) is 24.3 Å². The van der Waals surface area contributed by atoms with Crippen LogP contribution in [0.2, 0.25) is 0 Å². The van der Waals surface area contributed by atoms with E-state index < -0.39 is 0 Å². The minimum atomic E-state index is -0.328. The maximum atomic E-state index is 12.8. The van der Waals surface area contributed by atoms with Crippen LogP contribution in [0.4, 0.5) is 4.39 Å². The van der Waals surface area contributed by atoms with E-state index in [0.717, 1.165) is 16.0 Å². The van der Waals surface area contributed by atoms with E-state index >= 15 is 0 Å². The maximum Gasteiger partial charge on any atom is 0.261 e. The Hall–Kier alpha value is -2.01. The molecule has 0 bridgehead atoms. The van der Waals surface area contributed by atoms with E-state index in [0.29, 0.717) is 18.8 Å². The van der Waals surface area contributed by atoms with E-state index in [1.54, 1.807) is 4.90 Å². The number of rotatable bonds is 3. The molecule has 1 heterocycles. The van der Waals surface area contributed by atoms with Crippen LogP contribution in [0.25, 0.3) is 0 Å². The Balaban J connectivity index is 1.59. The first kappa shape index (κ1) is 13.9. The van der Waals surface area contributed by atoms with E-state index in [4.69, 9.17) is 4.74 Å². The lowest BCUT2D eigenvalue weighted by Gasteiger charge is -2.15.